The Morgan fingerprint density at radius 2 is 1.64 bits per heavy atom. The predicted octanol–water partition coefficient (Wildman–Crippen LogP) is 5.19. The average molecular weight is 379 g/mol. The Hall–Kier alpha value is -2.76. The van der Waals surface area contributed by atoms with Gasteiger partial charge in [0.1, 0.15) is 0 Å². The van der Waals surface area contributed by atoms with Gasteiger partial charge in [0.25, 0.3) is 0 Å². The normalized spacial score (nSPS) is 11.0. The lowest BCUT2D eigenvalue weighted by atomic mass is 10.1. The van der Waals surface area contributed by atoms with Crippen molar-refractivity contribution in [2.24, 2.45) is 0 Å². The standard InChI is InChI=1S/C22H30N6/c1-5-7-13-28(14-8-6-2)22-26-20-19(23-11-12-24-20)21(27-22)25-18-10-9-16(3)15-17(18)4/h9-12,15H,5-8,13-14H2,1-4H3,(H,24,25,26,27). The van der Waals surface area contributed by atoms with E-state index < -0.39 is 0 Å². The quantitative estimate of drug-likeness (QED) is 0.553. The van der Waals surface area contributed by atoms with Crippen molar-refractivity contribution in [3.63, 3.8) is 0 Å². The molecule has 0 saturated heterocycles. The summed E-state index contributed by atoms with van der Waals surface area (Å²) in [6.07, 6.45) is 7.89. The number of aryl methyl sites for hydroxylation is 2. The molecule has 3 aromatic rings. The summed E-state index contributed by atoms with van der Waals surface area (Å²) in [6, 6.07) is 6.34. The van der Waals surface area contributed by atoms with E-state index in [1.165, 1.54) is 11.1 Å². The van der Waals surface area contributed by atoms with Crippen LogP contribution in [0.1, 0.15) is 50.7 Å². The molecule has 0 atom stereocenters. The fourth-order valence-electron chi connectivity index (χ4n) is 3.17. The first-order chi connectivity index (χ1) is 13.6. The largest absolute Gasteiger partial charge is 0.341 e. The molecule has 0 bridgehead atoms. The van der Waals surface area contributed by atoms with E-state index in [1.54, 1.807) is 12.4 Å². The molecule has 0 unspecified atom stereocenters. The Balaban J connectivity index is 2.02. The van der Waals surface area contributed by atoms with Crippen molar-refractivity contribution in [2.45, 2.75) is 53.4 Å². The maximum absolute atomic E-state index is 4.87. The Bertz CT molecular complexity index is 916. The Morgan fingerprint density at radius 1 is 0.929 bits per heavy atom. The number of benzene rings is 1. The Kier molecular flexibility index (Phi) is 6.74. The first kappa shape index (κ1) is 20.0. The zero-order chi connectivity index (χ0) is 19.9. The van der Waals surface area contributed by atoms with Gasteiger partial charge in [-0.3, -0.25) is 0 Å². The number of hydrogen-bond donors (Lipinski definition) is 1. The van der Waals surface area contributed by atoms with Crippen molar-refractivity contribution in [2.75, 3.05) is 23.3 Å². The third-order valence-electron chi connectivity index (χ3n) is 4.80. The molecule has 6 heteroatoms. The van der Waals surface area contributed by atoms with Crippen molar-refractivity contribution in [3.8, 4) is 0 Å². The van der Waals surface area contributed by atoms with Crippen LogP contribution in [0.2, 0.25) is 0 Å². The summed E-state index contributed by atoms with van der Waals surface area (Å²) in [5.74, 6) is 1.43. The molecule has 0 radical (unpaired) electrons. The number of anilines is 3. The first-order valence-electron chi connectivity index (χ1n) is 10.2. The molecule has 28 heavy (non-hydrogen) atoms. The van der Waals surface area contributed by atoms with Gasteiger partial charge in [0.05, 0.1) is 0 Å². The van der Waals surface area contributed by atoms with Crippen LogP contribution in [0.3, 0.4) is 0 Å². The van der Waals surface area contributed by atoms with Crippen LogP contribution in [0.4, 0.5) is 17.5 Å². The SMILES string of the molecule is CCCCN(CCCC)c1nc(Nc2ccc(C)cc2C)c2nccnc2n1. The van der Waals surface area contributed by atoms with Crippen LogP contribution in [0, 0.1) is 13.8 Å². The minimum absolute atomic E-state index is 0.623. The highest BCUT2D eigenvalue weighted by molar-refractivity contribution is 5.86. The zero-order valence-electron chi connectivity index (χ0n) is 17.4. The highest BCUT2D eigenvalue weighted by Crippen LogP contribution is 2.26. The minimum atomic E-state index is 0.623. The molecule has 6 nitrogen and oxygen atoms in total. The highest BCUT2D eigenvalue weighted by Gasteiger charge is 2.15. The van der Waals surface area contributed by atoms with Gasteiger partial charge in [-0.15, -0.1) is 0 Å². The molecule has 1 aromatic carbocycles. The van der Waals surface area contributed by atoms with E-state index in [4.69, 9.17) is 9.97 Å². The van der Waals surface area contributed by atoms with Crippen LogP contribution in [-0.2, 0) is 0 Å². The van der Waals surface area contributed by atoms with Crippen molar-refractivity contribution < 1.29 is 0 Å². The van der Waals surface area contributed by atoms with Gasteiger partial charge in [0.15, 0.2) is 17.0 Å². The molecule has 0 spiro atoms. The summed E-state index contributed by atoms with van der Waals surface area (Å²) >= 11 is 0. The Labute approximate surface area is 167 Å². The van der Waals surface area contributed by atoms with Crippen LogP contribution in [0.25, 0.3) is 11.2 Å². The second-order valence-corrected chi connectivity index (χ2v) is 7.24. The van der Waals surface area contributed by atoms with Gasteiger partial charge in [0, 0.05) is 31.2 Å². The van der Waals surface area contributed by atoms with Crippen LogP contribution in [0.5, 0.6) is 0 Å². The molecule has 0 aliphatic heterocycles. The molecule has 2 heterocycles. The number of aromatic nitrogens is 4. The summed E-state index contributed by atoms with van der Waals surface area (Å²) in [6.45, 7) is 10.5. The van der Waals surface area contributed by atoms with Gasteiger partial charge in [-0.25, -0.2) is 9.97 Å². The zero-order valence-corrected chi connectivity index (χ0v) is 17.4. The molecule has 2 aromatic heterocycles. The van der Waals surface area contributed by atoms with E-state index in [1.807, 2.05) is 0 Å². The number of nitrogens with one attached hydrogen (secondary N) is 1. The third kappa shape index (κ3) is 4.74. The van der Waals surface area contributed by atoms with Gasteiger partial charge in [-0.05, 0) is 38.3 Å². The molecule has 0 aliphatic rings. The fraction of sp³-hybridized carbons (Fsp3) is 0.455. The van der Waals surface area contributed by atoms with Crippen LogP contribution in [-0.4, -0.2) is 33.0 Å². The van der Waals surface area contributed by atoms with Gasteiger partial charge in [0.2, 0.25) is 5.95 Å². The molecule has 0 amide bonds. The number of fused-ring (bicyclic) bond motifs is 1. The van der Waals surface area contributed by atoms with E-state index >= 15 is 0 Å². The second-order valence-electron chi connectivity index (χ2n) is 7.24. The van der Waals surface area contributed by atoms with Crippen molar-refractivity contribution >= 4 is 28.6 Å². The fourth-order valence-corrected chi connectivity index (χ4v) is 3.17. The topological polar surface area (TPSA) is 66.8 Å². The second kappa shape index (κ2) is 9.44. The van der Waals surface area contributed by atoms with Crippen molar-refractivity contribution in [1.29, 1.82) is 0 Å². The number of nitrogens with zero attached hydrogens (tertiary/aromatic N) is 5. The first-order valence-corrected chi connectivity index (χ1v) is 10.2. The van der Waals surface area contributed by atoms with Crippen LogP contribution in [0.15, 0.2) is 30.6 Å². The summed E-state index contributed by atoms with van der Waals surface area (Å²) in [5.41, 5.74) is 4.75. The van der Waals surface area contributed by atoms with Gasteiger partial charge in [-0.1, -0.05) is 44.4 Å². The molecule has 1 N–H and O–H groups in total. The molecular formula is C22H30N6. The molecule has 0 fully saturated rings. The molecular weight excluding hydrogens is 348 g/mol. The molecule has 148 valence electrons. The van der Waals surface area contributed by atoms with Gasteiger partial charge >= 0.3 is 0 Å². The van der Waals surface area contributed by atoms with E-state index in [0.717, 1.165) is 50.4 Å². The van der Waals surface area contributed by atoms with E-state index in [9.17, 15) is 0 Å². The van der Waals surface area contributed by atoms with Gasteiger partial charge in [-0.2, -0.15) is 9.97 Å². The summed E-state index contributed by atoms with van der Waals surface area (Å²) in [5, 5.41) is 3.47. The predicted molar refractivity (Wildman–Crippen MR) is 116 cm³/mol. The smallest absolute Gasteiger partial charge is 0.229 e. The number of unbranched alkanes of at least 4 members (excludes halogenated alkanes) is 2. The monoisotopic (exact) mass is 378 g/mol. The lowest BCUT2D eigenvalue weighted by molar-refractivity contribution is 0.664. The maximum Gasteiger partial charge on any atom is 0.229 e. The minimum Gasteiger partial charge on any atom is -0.341 e. The molecule has 0 saturated carbocycles. The highest BCUT2D eigenvalue weighted by atomic mass is 15.3. The summed E-state index contributed by atoms with van der Waals surface area (Å²) in [4.78, 5) is 20.8. The van der Waals surface area contributed by atoms with Gasteiger partial charge < -0.3 is 10.2 Å². The summed E-state index contributed by atoms with van der Waals surface area (Å²) < 4.78 is 0. The van der Waals surface area contributed by atoms with Crippen LogP contribution >= 0.6 is 0 Å². The molecule has 0 aliphatic carbocycles. The average Bonchev–Trinajstić information content (AvgIpc) is 2.70. The number of hydrogen-bond acceptors (Lipinski definition) is 6. The third-order valence-corrected chi connectivity index (χ3v) is 4.80. The summed E-state index contributed by atoms with van der Waals surface area (Å²) in [7, 11) is 0. The van der Waals surface area contributed by atoms with Crippen molar-refractivity contribution in [3.05, 3.63) is 41.7 Å². The lowest BCUT2D eigenvalue weighted by Crippen LogP contribution is -2.28. The van der Waals surface area contributed by atoms with Crippen LogP contribution < -0.4 is 10.2 Å². The molecule has 3 rings (SSSR count). The van der Waals surface area contributed by atoms with E-state index in [2.05, 4.69) is 66.1 Å². The van der Waals surface area contributed by atoms with E-state index in [0.29, 0.717) is 17.0 Å². The Morgan fingerprint density at radius 3 is 2.32 bits per heavy atom. The number of rotatable bonds is 9. The lowest BCUT2D eigenvalue weighted by Gasteiger charge is -2.23. The maximum atomic E-state index is 4.87. The van der Waals surface area contributed by atoms with E-state index in [-0.39, 0.29) is 0 Å². The van der Waals surface area contributed by atoms with Crippen molar-refractivity contribution in [1.82, 2.24) is 19.9 Å².